The summed E-state index contributed by atoms with van der Waals surface area (Å²) in [6.45, 7) is 4.75. The second-order valence-corrected chi connectivity index (χ2v) is 4.69. The summed E-state index contributed by atoms with van der Waals surface area (Å²) >= 11 is 0. The van der Waals surface area contributed by atoms with E-state index in [1.165, 1.54) is 0 Å². The molecular formula is C15H20N2O3. The molecule has 1 aromatic heterocycles. The first-order valence-electron chi connectivity index (χ1n) is 6.55. The molecule has 2 aromatic rings. The number of hydrogen-bond acceptors (Lipinski definition) is 5. The van der Waals surface area contributed by atoms with Crippen LogP contribution in [0.4, 0.5) is 0 Å². The van der Waals surface area contributed by atoms with E-state index in [-0.39, 0.29) is 0 Å². The fourth-order valence-electron chi connectivity index (χ4n) is 1.89. The molecule has 0 atom stereocenters. The van der Waals surface area contributed by atoms with Crippen molar-refractivity contribution in [2.24, 2.45) is 0 Å². The molecule has 0 radical (unpaired) electrons. The van der Waals surface area contributed by atoms with E-state index in [0.29, 0.717) is 35.7 Å². The van der Waals surface area contributed by atoms with Crippen LogP contribution < -0.4 is 14.8 Å². The number of rotatable bonds is 6. The van der Waals surface area contributed by atoms with E-state index < -0.39 is 0 Å². The molecule has 20 heavy (non-hydrogen) atoms. The Labute approximate surface area is 118 Å². The number of methoxy groups -OCH3 is 2. The Morgan fingerprint density at radius 3 is 2.40 bits per heavy atom. The van der Waals surface area contributed by atoms with Crippen LogP contribution in [0.3, 0.4) is 0 Å². The molecule has 0 bridgehead atoms. The summed E-state index contributed by atoms with van der Waals surface area (Å²) in [6, 6.07) is 5.99. The van der Waals surface area contributed by atoms with Crippen molar-refractivity contribution in [3.63, 3.8) is 0 Å². The predicted octanol–water partition coefficient (Wildman–Crippen LogP) is 2.86. The lowest BCUT2D eigenvalue weighted by Crippen LogP contribution is -2.21. The molecular weight excluding hydrogens is 256 g/mol. The Kier molecular flexibility index (Phi) is 4.63. The Hall–Kier alpha value is -2.01. The third-order valence-electron chi connectivity index (χ3n) is 2.89. The van der Waals surface area contributed by atoms with Crippen LogP contribution in [0.1, 0.15) is 19.7 Å². The molecule has 0 saturated heterocycles. The highest BCUT2D eigenvalue weighted by atomic mass is 16.5. The van der Waals surface area contributed by atoms with Gasteiger partial charge in [-0.1, -0.05) is 19.9 Å². The van der Waals surface area contributed by atoms with E-state index in [2.05, 4.69) is 24.1 Å². The zero-order valence-corrected chi connectivity index (χ0v) is 12.3. The summed E-state index contributed by atoms with van der Waals surface area (Å²) in [5.74, 6) is 2.68. The van der Waals surface area contributed by atoms with E-state index >= 15 is 0 Å². The highest BCUT2D eigenvalue weighted by Gasteiger charge is 2.16. The van der Waals surface area contributed by atoms with Gasteiger partial charge in [-0.15, -0.1) is 0 Å². The second kappa shape index (κ2) is 6.43. The minimum Gasteiger partial charge on any atom is -0.496 e. The molecule has 0 spiro atoms. The number of hydrogen-bond donors (Lipinski definition) is 1. The largest absolute Gasteiger partial charge is 0.496 e. The van der Waals surface area contributed by atoms with E-state index in [4.69, 9.17) is 13.9 Å². The van der Waals surface area contributed by atoms with E-state index in [1.54, 1.807) is 20.4 Å². The highest BCUT2D eigenvalue weighted by molar-refractivity contribution is 5.72. The van der Waals surface area contributed by atoms with E-state index in [0.717, 1.165) is 5.56 Å². The van der Waals surface area contributed by atoms with Crippen LogP contribution in [0.25, 0.3) is 11.3 Å². The topological polar surface area (TPSA) is 56.5 Å². The molecule has 0 fully saturated rings. The van der Waals surface area contributed by atoms with Gasteiger partial charge in [0.05, 0.1) is 27.0 Å². The smallest absolute Gasteiger partial charge is 0.208 e. The lowest BCUT2D eigenvalue weighted by atomic mass is 10.1. The lowest BCUT2D eigenvalue weighted by molar-refractivity contribution is 0.392. The molecule has 2 rings (SSSR count). The van der Waals surface area contributed by atoms with Crippen molar-refractivity contribution < 1.29 is 13.9 Å². The number of ether oxygens (including phenoxy) is 2. The maximum atomic E-state index is 5.77. The van der Waals surface area contributed by atoms with Gasteiger partial charge in [-0.2, -0.15) is 0 Å². The average Bonchev–Trinajstić information content (AvgIpc) is 2.92. The highest BCUT2D eigenvalue weighted by Crippen LogP contribution is 2.38. The molecule has 108 valence electrons. The normalized spacial score (nSPS) is 10.8. The average molecular weight is 276 g/mol. The van der Waals surface area contributed by atoms with Crippen molar-refractivity contribution in [1.29, 1.82) is 0 Å². The van der Waals surface area contributed by atoms with Gasteiger partial charge in [0.1, 0.15) is 17.1 Å². The van der Waals surface area contributed by atoms with Crippen LogP contribution in [0, 0.1) is 0 Å². The van der Waals surface area contributed by atoms with Gasteiger partial charge in [0.15, 0.2) is 5.76 Å². The first kappa shape index (κ1) is 14.4. The van der Waals surface area contributed by atoms with Crippen molar-refractivity contribution in [3.8, 4) is 22.8 Å². The van der Waals surface area contributed by atoms with Crippen LogP contribution in [0.2, 0.25) is 0 Å². The van der Waals surface area contributed by atoms with Gasteiger partial charge in [0, 0.05) is 6.04 Å². The maximum absolute atomic E-state index is 5.77. The molecule has 0 aliphatic rings. The van der Waals surface area contributed by atoms with Crippen LogP contribution in [-0.2, 0) is 6.54 Å². The molecule has 0 unspecified atom stereocenters. The van der Waals surface area contributed by atoms with Crippen molar-refractivity contribution >= 4 is 0 Å². The molecule has 0 aliphatic carbocycles. The lowest BCUT2D eigenvalue weighted by Gasteiger charge is -2.10. The first-order valence-corrected chi connectivity index (χ1v) is 6.55. The summed E-state index contributed by atoms with van der Waals surface area (Å²) in [7, 11) is 3.24. The molecule has 0 saturated carbocycles. The van der Waals surface area contributed by atoms with Crippen molar-refractivity contribution in [3.05, 3.63) is 30.3 Å². The van der Waals surface area contributed by atoms with Crippen LogP contribution >= 0.6 is 0 Å². The second-order valence-electron chi connectivity index (χ2n) is 4.69. The number of nitrogens with zero attached hydrogens (tertiary/aromatic N) is 1. The van der Waals surface area contributed by atoms with Crippen LogP contribution in [-0.4, -0.2) is 25.2 Å². The summed E-state index contributed by atoms with van der Waals surface area (Å²) in [4.78, 5) is 4.28. The number of aromatic nitrogens is 1. The standard InChI is InChI=1S/C15H20N2O3/c1-10(2)16-9-14-17-8-13(20-14)15-11(18-3)6-5-7-12(15)19-4/h5-8,10,16H,9H2,1-4H3. The maximum Gasteiger partial charge on any atom is 0.208 e. The van der Waals surface area contributed by atoms with Crippen LogP contribution in [0.15, 0.2) is 28.8 Å². The van der Waals surface area contributed by atoms with Gasteiger partial charge in [0.25, 0.3) is 0 Å². The molecule has 0 amide bonds. The van der Waals surface area contributed by atoms with Gasteiger partial charge >= 0.3 is 0 Å². The third-order valence-corrected chi connectivity index (χ3v) is 2.89. The summed E-state index contributed by atoms with van der Waals surface area (Å²) < 4.78 is 16.5. The van der Waals surface area contributed by atoms with E-state index in [1.807, 2.05) is 18.2 Å². The van der Waals surface area contributed by atoms with Gasteiger partial charge < -0.3 is 19.2 Å². The zero-order valence-electron chi connectivity index (χ0n) is 12.3. The van der Waals surface area contributed by atoms with E-state index in [9.17, 15) is 0 Å². The molecule has 5 heteroatoms. The van der Waals surface area contributed by atoms with Gasteiger partial charge in [-0.25, -0.2) is 4.98 Å². The fourth-order valence-corrected chi connectivity index (χ4v) is 1.89. The summed E-state index contributed by atoms with van der Waals surface area (Å²) in [5.41, 5.74) is 0.779. The Morgan fingerprint density at radius 1 is 1.20 bits per heavy atom. The number of benzene rings is 1. The molecule has 1 aromatic carbocycles. The summed E-state index contributed by atoms with van der Waals surface area (Å²) in [5, 5.41) is 3.27. The fraction of sp³-hybridized carbons (Fsp3) is 0.400. The monoisotopic (exact) mass is 276 g/mol. The van der Waals surface area contributed by atoms with Crippen molar-refractivity contribution in [1.82, 2.24) is 10.3 Å². The van der Waals surface area contributed by atoms with Gasteiger partial charge in [-0.05, 0) is 12.1 Å². The number of nitrogens with one attached hydrogen (secondary N) is 1. The predicted molar refractivity (Wildman–Crippen MR) is 77.0 cm³/mol. The molecule has 0 aliphatic heterocycles. The van der Waals surface area contributed by atoms with Gasteiger partial charge in [0.2, 0.25) is 5.89 Å². The Bertz CT molecular complexity index is 542. The first-order chi connectivity index (χ1) is 9.65. The van der Waals surface area contributed by atoms with Gasteiger partial charge in [-0.3, -0.25) is 0 Å². The molecule has 1 heterocycles. The summed E-state index contributed by atoms with van der Waals surface area (Å²) in [6.07, 6.45) is 1.69. The Balaban J connectivity index is 2.32. The SMILES string of the molecule is COc1cccc(OC)c1-c1cnc(CNC(C)C)o1. The van der Waals surface area contributed by atoms with Crippen molar-refractivity contribution in [2.45, 2.75) is 26.4 Å². The third kappa shape index (κ3) is 3.11. The number of oxazole rings is 1. The minimum atomic E-state index is 0.381. The quantitative estimate of drug-likeness (QED) is 0.879. The minimum absolute atomic E-state index is 0.381. The Morgan fingerprint density at radius 2 is 1.85 bits per heavy atom. The zero-order chi connectivity index (χ0) is 14.5. The molecule has 1 N–H and O–H groups in total. The van der Waals surface area contributed by atoms with Crippen LogP contribution in [0.5, 0.6) is 11.5 Å². The molecule has 5 nitrogen and oxygen atoms in total. The van der Waals surface area contributed by atoms with Crippen molar-refractivity contribution in [2.75, 3.05) is 14.2 Å².